The Labute approximate surface area is 272 Å². The van der Waals surface area contributed by atoms with Crippen molar-refractivity contribution in [2.24, 2.45) is 0 Å². The summed E-state index contributed by atoms with van der Waals surface area (Å²) < 4.78 is 13.0. The molecule has 0 rings (SSSR count). The minimum atomic E-state index is 0.866. The van der Waals surface area contributed by atoms with Crippen LogP contribution >= 0.6 is 0 Å². The van der Waals surface area contributed by atoms with Crippen molar-refractivity contribution in [3.05, 3.63) is 24.7 Å². The molecule has 0 spiro atoms. The molecule has 0 saturated carbocycles. The fraction of sp³-hybridized carbons (Fsp3) is 0.900. The second-order valence-corrected chi connectivity index (χ2v) is 13.8. The van der Waals surface area contributed by atoms with E-state index >= 15 is 0 Å². The number of ether oxygens (including phenoxy) is 2. The molecule has 0 bridgehead atoms. The Morgan fingerprint density at radius 2 is 0.721 bits per heavy atom. The zero-order valence-electron chi connectivity index (χ0n) is 30.3. The van der Waals surface area contributed by atoms with Gasteiger partial charge in [-0.1, -0.05) is 137 Å². The van der Waals surface area contributed by atoms with Gasteiger partial charge in [-0.3, -0.25) is 0 Å². The molecule has 256 valence electrons. The first-order chi connectivity index (χ1) is 21.0. The minimum Gasteiger partial charge on any atom is -0.499 e. The average molecular weight is 607 g/mol. The molecule has 0 aliphatic heterocycles. The molecule has 3 nitrogen and oxygen atoms in total. The van der Waals surface area contributed by atoms with E-state index in [2.05, 4.69) is 41.0 Å². The molecular weight excluding hydrogens is 526 g/mol. The van der Waals surface area contributed by atoms with Crippen LogP contribution < -0.4 is 0 Å². The maximum atomic E-state index is 5.87. The average Bonchev–Trinajstić information content (AvgIpc) is 2.99. The molecule has 0 aromatic carbocycles. The maximum absolute atomic E-state index is 5.87. The summed E-state index contributed by atoms with van der Waals surface area (Å²) in [6.45, 7) is 21.0. The fourth-order valence-corrected chi connectivity index (χ4v) is 6.26. The van der Waals surface area contributed by atoms with E-state index in [-0.39, 0.29) is 0 Å². The van der Waals surface area contributed by atoms with E-state index in [1.165, 1.54) is 185 Å². The standard InChI is InChI=1S/C40H80NO2/c1-7-10-12-14-16-24-30-37-42-39(4)32-26-20-18-22-28-35-41(6,34-9-3)36-29-23-19-21-27-33-40(5)43-38-31-25-17-15-13-11-8-2/h4-5,7-38H2,1-3,6H3/q+1. The highest BCUT2D eigenvalue weighted by Gasteiger charge is 2.19. The molecule has 0 N–H and O–H groups in total. The van der Waals surface area contributed by atoms with Crippen LogP contribution in [0.15, 0.2) is 24.7 Å². The molecule has 0 atom stereocenters. The Kier molecular flexibility index (Phi) is 31.7. The summed E-state index contributed by atoms with van der Waals surface area (Å²) in [5, 5.41) is 0. The van der Waals surface area contributed by atoms with E-state index in [9.17, 15) is 0 Å². The molecular formula is C40H80NO2+. The van der Waals surface area contributed by atoms with Crippen molar-refractivity contribution in [1.29, 1.82) is 0 Å². The number of rotatable bonds is 36. The van der Waals surface area contributed by atoms with Gasteiger partial charge in [-0.05, 0) is 57.8 Å². The summed E-state index contributed by atoms with van der Waals surface area (Å²) in [6, 6.07) is 0. The Balaban J connectivity index is 3.68. The summed E-state index contributed by atoms with van der Waals surface area (Å²) in [7, 11) is 2.50. The Morgan fingerprint density at radius 3 is 1.09 bits per heavy atom. The zero-order valence-corrected chi connectivity index (χ0v) is 30.3. The molecule has 0 aliphatic carbocycles. The van der Waals surface area contributed by atoms with Crippen LogP contribution in [0.5, 0.6) is 0 Å². The lowest BCUT2D eigenvalue weighted by atomic mass is 10.1. The van der Waals surface area contributed by atoms with E-state index in [1.807, 2.05) is 0 Å². The maximum Gasteiger partial charge on any atom is 0.0888 e. The molecule has 0 aromatic heterocycles. The fourth-order valence-electron chi connectivity index (χ4n) is 6.26. The van der Waals surface area contributed by atoms with Gasteiger partial charge in [0, 0.05) is 12.8 Å². The normalized spacial score (nSPS) is 11.6. The monoisotopic (exact) mass is 607 g/mol. The van der Waals surface area contributed by atoms with Gasteiger partial charge in [-0.25, -0.2) is 0 Å². The smallest absolute Gasteiger partial charge is 0.0888 e. The Hall–Kier alpha value is -0.960. The van der Waals surface area contributed by atoms with E-state index in [4.69, 9.17) is 9.47 Å². The summed E-state index contributed by atoms with van der Waals surface area (Å²) in [5.74, 6) is 2.02. The molecule has 0 radical (unpaired) electrons. The van der Waals surface area contributed by atoms with Gasteiger partial charge < -0.3 is 14.0 Å². The third-order valence-corrected chi connectivity index (χ3v) is 9.18. The van der Waals surface area contributed by atoms with Crippen LogP contribution in [0.25, 0.3) is 0 Å². The number of unbranched alkanes of at least 4 members (excludes halogenated alkanes) is 20. The molecule has 43 heavy (non-hydrogen) atoms. The molecule has 0 unspecified atom stereocenters. The lowest BCUT2D eigenvalue weighted by molar-refractivity contribution is -0.910. The van der Waals surface area contributed by atoms with Gasteiger partial charge in [0.2, 0.25) is 0 Å². The predicted molar refractivity (Wildman–Crippen MR) is 193 cm³/mol. The lowest BCUT2D eigenvalue weighted by Crippen LogP contribution is -2.46. The Bertz CT molecular complexity index is 555. The topological polar surface area (TPSA) is 18.5 Å². The van der Waals surface area contributed by atoms with Gasteiger partial charge in [0.1, 0.15) is 0 Å². The van der Waals surface area contributed by atoms with Gasteiger partial charge in [-0.2, -0.15) is 0 Å². The number of hydrogen-bond acceptors (Lipinski definition) is 2. The quantitative estimate of drug-likeness (QED) is 0.0401. The van der Waals surface area contributed by atoms with Crippen molar-refractivity contribution < 1.29 is 14.0 Å². The van der Waals surface area contributed by atoms with Gasteiger partial charge in [0.25, 0.3) is 0 Å². The van der Waals surface area contributed by atoms with Gasteiger partial charge >= 0.3 is 0 Å². The molecule has 0 heterocycles. The first-order valence-electron chi connectivity index (χ1n) is 19.4. The van der Waals surface area contributed by atoms with Crippen LogP contribution in [0, 0.1) is 0 Å². The van der Waals surface area contributed by atoms with Crippen LogP contribution in [-0.2, 0) is 9.47 Å². The minimum absolute atomic E-state index is 0.866. The van der Waals surface area contributed by atoms with Crippen molar-refractivity contribution in [2.75, 3.05) is 39.9 Å². The predicted octanol–water partition coefficient (Wildman–Crippen LogP) is 13.1. The summed E-state index contributed by atoms with van der Waals surface area (Å²) in [5.41, 5.74) is 0. The second kappa shape index (κ2) is 32.4. The van der Waals surface area contributed by atoms with E-state index < -0.39 is 0 Å². The number of allylic oxidation sites excluding steroid dienone is 2. The van der Waals surface area contributed by atoms with Crippen molar-refractivity contribution in [3.8, 4) is 0 Å². The molecule has 3 heteroatoms. The first-order valence-corrected chi connectivity index (χ1v) is 19.4. The molecule has 0 amide bonds. The number of hydrogen-bond donors (Lipinski definition) is 0. The zero-order chi connectivity index (χ0) is 31.7. The van der Waals surface area contributed by atoms with Gasteiger partial charge in [-0.15, -0.1) is 0 Å². The van der Waals surface area contributed by atoms with Crippen LogP contribution in [-0.4, -0.2) is 44.4 Å². The van der Waals surface area contributed by atoms with Crippen molar-refractivity contribution in [3.63, 3.8) is 0 Å². The van der Waals surface area contributed by atoms with Crippen LogP contribution in [0.2, 0.25) is 0 Å². The van der Waals surface area contributed by atoms with Crippen molar-refractivity contribution >= 4 is 0 Å². The lowest BCUT2D eigenvalue weighted by Gasteiger charge is -2.34. The second-order valence-electron chi connectivity index (χ2n) is 13.8. The summed E-state index contributed by atoms with van der Waals surface area (Å²) in [6.07, 6.45) is 35.3. The SMILES string of the molecule is C=C(CCCCCCC[N+](C)(CCC)CCCCCCCC(=C)OCCCCCCCCC)OCCCCCCCCC. The van der Waals surface area contributed by atoms with Crippen LogP contribution in [0.3, 0.4) is 0 Å². The van der Waals surface area contributed by atoms with E-state index in [0.29, 0.717) is 0 Å². The first kappa shape index (κ1) is 42.0. The number of quaternary nitrogens is 1. The van der Waals surface area contributed by atoms with Crippen molar-refractivity contribution in [1.82, 2.24) is 0 Å². The van der Waals surface area contributed by atoms with Crippen LogP contribution in [0.1, 0.15) is 194 Å². The number of nitrogens with zero attached hydrogens (tertiary/aromatic N) is 1. The summed E-state index contributed by atoms with van der Waals surface area (Å²) >= 11 is 0. The van der Waals surface area contributed by atoms with E-state index in [0.717, 1.165) is 37.6 Å². The third-order valence-electron chi connectivity index (χ3n) is 9.18. The van der Waals surface area contributed by atoms with Crippen molar-refractivity contribution in [2.45, 2.75) is 194 Å². The largest absolute Gasteiger partial charge is 0.499 e. The van der Waals surface area contributed by atoms with Crippen LogP contribution in [0.4, 0.5) is 0 Å². The Morgan fingerprint density at radius 1 is 0.395 bits per heavy atom. The molecule has 0 aliphatic rings. The van der Waals surface area contributed by atoms with E-state index in [1.54, 1.807) is 0 Å². The highest BCUT2D eigenvalue weighted by molar-refractivity contribution is 4.82. The highest BCUT2D eigenvalue weighted by Crippen LogP contribution is 2.17. The molecule has 0 saturated heterocycles. The third kappa shape index (κ3) is 30.8. The van der Waals surface area contributed by atoms with Gasteiger partial charge in [0.05, 0.1) is 51.4 Å². The highest BCUT2D eigenvalue weighted by atomic mass is 16.5. The summed E-state index contributed by atoms with van der Waals surface area (Å²) in [4.78, 5) is 0. The molecule has 0 fully saturated rings. The molecule has 0 aromatic rings. The van der Waals surface area contributed by atoms with Gasteiger partial charge in [0.15, 0.2) is 0 Å².